The Kier molecular flexibility index (Phi) is 7.44. The normalized spacial score (nSPS) is 10.4. The second-order valence-electron chi connectivity index (χ2n) is 5.56. The summed E-state index contributed by atoms with van der Waals surface area (Å²) in [6.45, 7) is 2.42. The minimum Gasteiger partial charge on any atom is -0.466 e. The topological polar surface area (TPSA) is 76.6 Å². The molecular weight excluding hydrogens is 398 g/mol. The molecular formula is C17H19Cl2FN4O3. The number of carbonyl (C=O) groups excluding carboxylic acids is 1. The molecule has 0 bridgehead atoms. The molecule has 1 aromatic heterocycles. The third kappa shape index (κ3) is 5.58. The Balaban J connectivity index is 2.13. The molecule has 0 spiro atoms. The molecule has 146 valence electrons. The highest BCUT2D eigenvalue weighted by atomic mass is 35.5. The monoisotopic (exact) mass is 416 g/mol. The Morgan fingerprint density at radius 1 is 1.26 bits per heavy atom. The summed E-state index contributed by atoms with van der Waals surface area (Å²) >= 11 is 12.4. The van der Waals surface area contributed by atoms with Crippen molar-refractivity contribution >= 4 is 40.7 Å². The van der Waals surface area contributed by atoms with Gasteiger partial charge in [0.15, 0.2) is 11.6 Å². The number of anilines is 2. The van der Waals surface area contributed by atoms with Crippen LogP contribution in [0.25, 0.3) is 0 Å². The average Bonchev–Trinajstić information content (AvgIpc) is 2.59. The van der Waals surface area contributed by atoms with Crippen molar-refractivity contribution in [1.29, 1.82) is 0 Å². The van der Waals surface area contributed by atoms with E-state index >= 15 is 0 Å². The summed E-state index contributed by atoms with van der Waals surface area (Å²) in [5.74, 6) is -1.19. The van der Waals surface area contributed by atoms with Crippen LogP contribution in [0.3, 0.4) is 0 Å². The van der Waals surface area contributed by atoms with Gasteiger partial charge < -0.3 is 19.7 Å². The Morgan fingerprint density at radius 3 is 2.52 bits per heavy atom. The van der Waals surface area contributed by atoms with Gasteiger partial charge in [0.1, 0.15) is 6.33 Å². The number of ether oxygens (including phenoxy) is 2. The lowest BCUT2D eigenvalue weighted by atomic mass is 10.3. The maximum absolute atomic E-state index is 14.4. The molecule has 1 N–H and O–H groups in total. The first-order valence-corrected chi connectivity index (χ1v) is 8.83. The first-order valence-electron chi connectivity index (χ1n) is 8.07. The fraction of sp³-hybridized carbons (Fsp3) is 0.353. The van der Waals surface area contributed by atoms with E-state index in [0.717, 1.165) is 0 Å². The van der Waals surface area contributed by atoms with Gasteiger partial charge in [-0.25, -0.2) is 4.98 Å². The zero-order chi connectivity index (χ0) is 20.0. The Morgan fingerprint density at radius 2 is 1.93 bits per heavy atom. The van der Waals surface area contributed by atoms with Gasteiger partial charge in [-0.3, -0.25) is 4.79 Å². The van der Waals surface area contributed by atoms with Crippen molar-refractivity contribution in [2.24, 2.45) is 0 Å². The van der Waals surface area contributed by atoms with E-state index in [0.29, 0.717) is 18.8 Å². The van der Waals surface area contributed by atoms with Crippen LogP contribution in [0.2, 0.25) is 10.0 Å². The van der Waals surface area contributed by atoms with E-state index in [1.807, 2.05) is 0 Å². The number of nitrogens with zero attached hydrogens (tertiary/aromatic N) is 3. The van der Waals surface area contributed by atoms with Crippen LogP contribution in [0.5, 0.6) is 11.6 Å². The lowest BCUT2D eigenvalue weighted by Gasteiger charge is -2.15. The van der Waals surface area contributed by atoms with Gasteiger partial charge in [0, 0.05) is 26.3 Å². The quantitative estimate of drug-likeness (QED) is 0.647. The van der Waals surface area contributed by atoms with E-state index in [1.165, 1.54) is 11.2 Å². The highest BCUT2D eigenvalue weighted by Gasteiger charge is 2.18. The zero-order valence-corrected chi connectivity index (χ0v) is 16.6. The van der Waals surface area contributed by atoms with E-state index < -0.39 is 5.82 Å². The first-order chi connectivity index (χ1) is 12.8. The summed E-state index contributed by atoms with van der Waals surface area (Å²) in [5.41, 5.74) is 0.582. The van der Waals surface area contributed by atoms with Crippen molar-refractivity contribution in [3.05, 3.63) is 34.3 Å². The molecule has 0 saturated heterocycles. The molecule has 10 heteroatoms. The standard InChI is InChI=1S/C17H19Cl2FN4O3/c1-4-26-13(25)5-6-21-10-7-11(18)15(12(19)8-10)27-17-14(20)16(24(2)3)22-9-23-17/h7-9,21H,4-6H2,1-3H3. The molecule has 0 amide bonds. The van der Waals surface area contributed by atoms with Crippen molar-refractivity contribution in [3.8, 4) is 11.6 Å². The molecule has 0 radical (unpaired) electrons. The average molecular weight is 417 g/mol. The van der Waals surface area contributed by atoms with E-state index in [4.69, 9.17) is 32.7 Å². The van der Waals surface area contributed by atoms with Gasteiger partial charge >= 0.3 is 5.97 Å². The highest BCUT2D eigenvalue weighted by molar-refractivity contribution is 6.37. The van der Waals surface area contributed by atoms with Crippen molar-refractivity contribution in [2.45, 2.75) is 13.3 Å². The maximum atomic E-state index is 14.4. The van der Waals surface area contributed by atoms with Gasteiger partial charge in [0.05, 0.1) is 23.1 Å². The lowest BCUT2D eigenvalue weighted by Crippen LogP contribution is -2.13. The maximum Gasteiger partial charge on any atom is 0.307 e. The fourth-order valence-corrected chi connectivity index (χ4v) is 2.69. The molecule has 0 saturated carbocycles. The van der Waals surface area contributed by atoms with E-state index in [-0.39, 0.29) is 39.9 Å². The molecule has 27 heavy (non-hydrogen) atoms. The van der Waals surface area contributed by atoms with Crippen LogP contribution in [-0.2, 0) is 9.53 Å². The number of nitrogens with one attached hydrogen (secondary N) is 1. The number of hydrogen-bond donors (Lipinski definition) is 1. The Hall–Kier alpha value is -2.32. The number of hydrogen-bond acceptors (Lipinski definition) is 7. The van der Waals surface area contributed by atoms with Crippen LogP contribution in [0.15, 0.2) is 18.5 Å². The summed E-state index contributed by atoms with van der Waals surface area (Å²) in [6.07, 6.45) is 1.38. The largest absolute Gasteiger partial charge is 0.466 e. The minimum atomic E-state index is -0.730. The van der Waals surface area contributed by atoms with Gasteiger partial charge in [-0.2, -0.15) is 9.37 Å². The smallest absolute Gasteiger partial charge is 0.307 e. The van der Waals surface area contributed by atoms with Crippen LogP contribution < -0.4 is 15.0 Å². The molecule has 0 aliphatic carbocycles. The Labute approximate surface area is 166 Å². The van der Waals surface area contributed by atoms with Crippen LogP contribution in [0.4, 0.5) is 15.9 Å². The molecule has 2 rings (SSSR count). The summed E-state index contributed by atoms with van der Waals surface area (Å²) in [4.78, 5) is 20.5. The summed E-state index contributed by atoms with van der Waals surface area (Å²) < 4.78 is 24.7. The number of halogens is 3. The van der Waals surface area contributed by atoms with Gasteiger partial charge in [-0.1, -0.05) is 23.2 Å². The van der Waals surface area contributed by atoms with Crippen LogP contribution >= 0.6 is 23.2 Å². The third-order valence-corrected chi connectivity index (χ3v) is 3.88. The van der Waals surface area contributed by atoms with Crippen molar-refractivity contribution < 1.29 is 18.7 Å². The molecule has 7 nitrogen and oxygen atoms in total. The van der Waals surface area contributed by atoms with E-state index in [1.54, 1.807) is 33.2 Å². The minimum absolute atomic E-state index is 0.0663. The fourth-order valence-electron chi connectivity index (χ4n) is 2.13. The lowest BCUT2D eigenvalue weighted by molar-refractivity contribution is -0.142. The molecule has 0 atom stereocenters. The summed E-state index contributed by atoms with van der Waals surface area (Å²) in [6, 6.07) is 3.11. The molecule has 2 aromatic rings. The third-order valence-electron chi connectivity index (χ3n) is 3.32. The van der Waals surface area contributed by atoms with Crippen molar-refractivity contribution in [1.82, 2.24) is 9.97 Å². The highest BCUT2D eigenvalue weighted by Crippen LogP contribution is 2.39. The number of benzene rings is 1. The van der Waals surface area contributed by atoms with Crippen molar-refractivity contribution in [2.75, 3.05) is 37.5 Å². The van der Waals surface area contributed by atoms with E-state index in [9.17, 15) is 9.18 Å². The second-order valence-corrected chi connectivity index (χ2v) is 6.38. The first kappa shape index (κ1) is 21.0. The summed E-state index contributed by atoms with van der Waals surface area (Å²) in [7, 11) is 3.29. The molecule has 0 aliphatic rings. The van der Waals surface area contributed by atoms with Gasteiger partial charge in [0.2, 0.25) is 5.82 Å². The number of rotatable bonds is 8. The van der Waals surface area contributed by atoms with E-state index in [2.05, 4.69) is 15.3 Å². The number of esters is 1. The zero-order valence-electron chi connectivity index (χ0n) is 15.1. The predicted molar refractivity (Wildman–Crippen MR) is 103 cm³/mol. The Bertz CT molecular complexity index is 798. The predicted octanol–water partition coefficient (Wildman–Crippen LogP) is 4.15. The second kappa shape index (κ2) is 9.57. The van der Waals surface area contributed by atoms with Crippen LogP contribution in [-0.4, -0.2) is 43.2 Å². The van der Waals surface area contributed by atoms with Gasteiger partial charge in [0.25, 0.3) is 5.88 Å². The summed E-state index contributed by atoms with van der Waals surface area (Å²) in [5, 5.41) is 3.33. The number of carbonyl (C=O) groups is 1. The SMILES string of the molecule is CCOC(=O)CCNc1cc(Cl)c(Oc2ncnc(N(C)C)c2F)c(Cl)c1. The molecule has 0 unspecified atom stereocenters. The molecule has 1 aromatic carbocycles. The van der Waals surface area contributed by atoms with Crippen LogP contribution in [0, 0.1) is 5.82 Å². The molecule has 1 heterocycles. The molecule has 0 aliphatic heterocycles. The molecule has 0 fully saturated rings. The number of aromatic nitrogens is 2. The van der Waals surface area contributed by atoms with Gasteiger partial charge in [-0.05, 0) is 19.1 Å². The van der Waals surface area contributed by atoms with Crippen LogP contribution in [0.1, 0.15) is 13.3 Å². The van der Waals surface area contributed by atoms with Crippen molar-refractivity contribution in [3.63, 3.8) is 0 Å². The van der Waals surface area contributed by atoms with Gasteiger partial charge in [-0.15, -0.1) is 0 Å².